The number of para-hydroxylation sites is 1. The van der Waals surface area contributed by atoms with Gasteiger partial charge in [-0.05, 0) is 29.8 Å². The first-order chi connectivity index (χ1) is 10.7. The van der Waals surface area contributed by atoms with Crippen molar-refractivity contribution in [3.8, 4) is 6.07 Å². The second-order valence-electron chi connectivity index (χ2n) is 4.97. The molecule has 1 atom stereocenters. The van der Waals surface area contributed by atoms with Gasteiger partial charge in [0.15, 0.2) is 0 Å². The minimum atomic E-state index is -0.839. The Morgan fingerprint density at radius 1 is 1.18 bits per heavy atom. The molecule has 0 aliphatic carbocycles. The van der Waals surface area contributed by atoms with Crippen LogP contribution in [0.4, 0.5) is 0 Å². The lowest BCUT2D eigenvalue weighted by Gasteiger charge is -2.13. The third-order valence-corrected chi connectivity index (χ3v) is 3.53. The first-order valence-corrected chi connectivity index (χ1v) is 6.81. The number of fused-ring (bicyclic) bond motifs is 1. The van der Waals surface area contributed by atoms with Crippen LogP contribution in [0.25, 0.3) is 10.9 Å². The topological polar surface area (TPSA) is 78.9 Å². The fourth-order valence-corrected chi connectivity index (χ4v) is 2.31. The van der Waals surface area contributed by atoms with Crippen molar-refractivity contribution in [1.29, 1.82) is 5.26 Å². The van der Waals surface area contributed by atoms with Gasteiger partial charge in [0.25, 0.3) is 5.56 Å². The molecule has 2 aromatic carbocycles. The lowest BCUT2D eigenvalue weighted by molar-refractivity contribution is 0.155. The number of nitriles is 1. The summed E-state index contributed by atoms with van der Waals surface area (Å²) < 4.78 is 1.39. The van der Waals surface area contributed by atoms with E-state index in [9.17, 15) is 9.90 Å². The van der Waals surface area contributed by atoms with Gasteiger partial charge in [-0.15, -0.1) is 0 Å². The first-order valence-electron chi connectivity index (χ1n) is 6.81. The fourth-order valence-electron chi connectivity index (χ4n) is 2.31. The highest BCUT2D eigenvalue weighted by atomic mass is 16.3. The Kier molecular flexibility index (Phi) is 3.69. The number of rotatable bonds is 3. The van der Waals surface area contributed by atoms with Gasteiger partial charge in [0.2, 0.25) is 0 Å². The van der Waals surface area contributed by atoms with E-state index in [1.54, 1.807) is 42.5 Å². The molecule has 0 radical (unpaired) electrons. The van der Waals surface area contributed by atoms with Crippen molar-refractivity contribution in [2.45, 2.75) is 12.6 Å². The molecule has 0 spiro atoms. The van der Waals surface area contributed by atoms with E-state index in [-0.39, 0.29) is 12.1 Å². The van der Waals surface area contributed by atoms with Crippen molar-refractivity contribution < 1.29 is 5.11 Å². The van der Waals surface area contributed by atoms with Crippen LogP contribution in [0.2, 0.25) is 0 Å². The zero-order valence-corrected chi connectivity index (χ0v) is 11.7. The number of benzene rings is 2. The Morgan fingerprint density at radius 2 is 1.91 bits per heavy atom. The van der Waals surface area contributed by atoms with Crippen LogP contribution in [-0.2, 0) is 6.54 Å². The maximum absolute atomic E-state index is 12.4. The highest BCUT2D eigenvalue weighted by Crippen LogP contribution is 2.15. The minimum Gasteiger partial charge on any atom is -0.387 e. The summed E-state index contributed by atoms with van der Waals surface area (Å²) in [6, 6.07) is 15.8. The molecule has 0 aliphatic rings. The van der Waals surface area contributed by atoms with Gasteiger partial charge in [0.05, 0.1) is 41.5 Å². The van der Waals surface area contributed by atoms with Crippen LogP contribution in [0.1, 0.15) is 17.2 Å². The summed E-state index contributed by atoms with van der Waals surface area (Å²) in [7, 11) is 0. The third kappa shape index (κ3) is 2.60. The van der Waals surface area contributed by atoms with E-state index in [0.29, 0.717) is 22.0 Å². The van der Waals surface area contributed by atoms with Crippen LogP contribution in [0, 0.1) is 11.3 Å². The highest BCUT2D eigenvalue weighted by molar-refractivity contribution is 5.76. The Hall–Kier alpha value is -2.97. The van der Waals surface area contributed by atoms with Gasteiger partial charge in [-0.2, -0.15) is 5.26 Å². The molecule has 1 heterocycles. The number of nitrogens with zero attached hydrogens (tertiary/aromatic N) is 3. The second-order valence-corrected chi connectivity index (χ2v) is 4.97. The van der Waals surface area contributed by atoms with Crippen LogP contribution in [0.15, 0.2) is 59.7 Å². The summed E-state index contributed by atoms with van der Waals surface area (Å²) in [6.45, 7) is 0.114. The summed E-state index contributed by atoms with van der Waals surface area (Å²) in [4.78, 5) is 16.6. The van der Waals surface area contributed by atoms with Crippen LogP contribution in [0.3, 0.4) is 0 Å². The molecular weight excluding hydrogens is 278 g/mol. The molecule has 3 rings (SSSR count). The van der Waals surface area contributed by atoms with Gasteiger partial charge < -0.3 is 5.11 Å². The Balaban J connectivity index is 1.90. The maximum Gasteiger partial charge on any atom is 0.261 e. The molecule has 1 aromatic heterocycles. The van der Waals surface area contributed by atoms with E-state index >= 15 is 0 Å². The molecule has 0 amide bonds. The van der Waals surface area contributed by atoms with Crippen molar-refractivity contribution >= 4 is 10.9 Å². The van der Waals surface area contributed by atoms with Crippen molar-refractivity contribution in [2.24, 2.45) is 0 Å². The molecule has 108 valence electrons. The summed E-state index contributed by atoms with van der Waals surface area (Å²) in [5.41, 5.74) is 1.63. The Morgan fingerprint density at radius 3 is 2.64 bits per heavy atom. The normalized spacial score (nSPS) is 12.0. The monoisotopic (exact) mass is 291 g/mol. The van der Waals surface area contributed by atoms with Crippen molar-refractivity contribution in [3.63, 3.8) is 0 Å². The third-order valence-electron chi connectivity index (χ3n) is 3.53. The summed E-state index contributed by atoms with van der Waals surface area (Å²) in [5, 5.41) is 19.6. The molecule has 1 unspecified atom stereocenters. The zero-order valence-electron chi connectivity index (χ0n) is 11.7. The molecule has 0 fully saturated rings. The molecule has 5 nitrogen and oxygen atoms in total. The van der Waals surface area contributed by atoms with E-state index in [0.717, 1.165) is 0 Å². The standard InChI is InChI=1S/C17H13N3O2/c18-9-12-5-7-13(8-6-12)16(21)10-20-11-19-15-4-2-1-3-14(15)17(20)22/h1-8,11,16,21H,10H2. The van der Waals surface area contributed by atoms with Crippen molar-refractivity contribution in [2.75, 3.05) is 0 Å². The SMILES string of the molecule is N#Cc1ccc(C(O)Cn2cnc3ccccc3c2=O)cc1. The molecule has 5 heteroatoms. The predicted molar refractivity (Wildman–Crippen MR) is 82.1 cm³/mol. The fraction of sp³-hybridized carbons (Fsp3) is 0.118. The molecule has 0 aliphatic heterocycles. The average Bonchev–Trinajstić information content (AvgIpc) is 2.57. The zero-order chi connectivity index (χ0) is 15.5. The van der Waals surface area contributed by atoms with Gasteiger partial charge in [-0.25, -0.2) is 4.98 Å². The summed E-state index contributed by atoms with van der Waals surface area (Å²) >= 11 is 0. The molecule has 0 saturated carbocycles. The maximum atomic E-state index is 12.4. The van der Waals surface area contributed by atoms with Gasteiger partial charge in [0, 0.05) is 0 Å². The predicted octanol–water partition coefficient (Wildman–Crippen LogP) is 2.00. The van der Waals surface area contributed by atoms with Crippen LogP contribution >= 0.6 is 0 Å². The smallest absolute Gasteiger partial charge is 0.261 e. The molecule has 0 bridgehead atoms. The van der Waals surface area contributed by atoms with Crippen molar-refractivity contribution in [1.82, 2.24) is 9.55 Å². The van der Waals surface area contributed by atoms with E-state index in [1.165, 1.54) is 10.9 Å². The molecule has 3 aromatic rings. The van der Waals surface area contributed by atoms with E-state index < -0.39 is 6.10 Å². The van der Waals surface area contributed by atoms with Gasteiger partial charge in [-0.3, -0.25) is 9.36 Å². The lowest BCUT2D eigenvalue weighted by atomic mass is 10.1. The largest absolute Gasteiger partial charge is 0.387 e. The van der Waals surface area contributed by atoms with Crippen LogP contribution in [-0.4, -0.2) is 14.7 Å². The molecule has 1 N–H and O–H groups in total. The van der Waals surface area contributed by atoms with Gasteiger partial charge in [0.1, 0.15) is 0 Å². The number of hydrogen-bond acceptors (Lipinski definition) is 4. The number of aliphatic hydroxyl groups is 1. The van der Waals surface area contributed by atoms with Crippen LogP contribution in [0.5, 0.6) is 0 Å². The highest BCUT2D eigenvalue weighted by Gasteiger charge is 2.11. The Bertz CT molecular complexity index is 908. The number of aliphatic hydroxyl groups excluding tert-OH is 1. The average molecular weight is 291 g/mol. The second kappa shape index (κ2) is 5.80. The van der Waals surface area contributed by atoms with Gasteiger partial charge >= 0.3 is 0 Å². The molecule has 0 saturated heterocycles. The quantitative estimate of drug-likeness (QED) is 0.800. The lowest BCUT2D eigenvalue weighted by Crippen LogP contribution is -2.23. The summed E-state index contributed by atoms with van der Waals surface area (Å²) in [6.07, 6.45) is 0.603. The molecular formula is C17H13N3O2. The van der Waals surface area contributed by atoms with E-state index in [1.807, 2.05) is 12.1 Å². The van der Waals surface area contributed by atoms with E-state index in [4.69, 9.17) is 5.26 Å². The first kappa shape index (κ1) is 14.0. The van der Waals surface area contributed by atoms with Crippen molar-refractivity contribution in [3.05, 3.63) is 76.3 Å². The number of aromatic nitrogens is 2. The minimum absolute atomic E-state index is 0.114. The Labute approximate surface area is 126 Å². The van der Waals surface area contributed by atoms with Crippen LogP contribution < -0.4 is 5.56 Å². The van der Waals surface area contributed by atoms with E-state index in [2.05, 4.69) is 4.98 Å². The number of hydrogen-bond donors (Lipinski definition) is 1. The van der Waals surface area contributed by atoms with Gasteiger partial charge in [-0.1, -0.05) is 24.3 Å². The summed E-state index contributed by atoms with van der Waals surface area (Å²) in [5.74, 6) is 0. The molecule has 22 heavy (non-hydrogen) atoms.